The van der Waals surface area contributed by atoms with Gasteiger partial charge in [-0.1, -0.05) is 25.5 Å². The topological polar surface area (TPSA) is 85.7 Å². The van der Waals surface area contributed by atoms with Gasteiger partial charge in [0.1, 0.15) is 11.6 Å². The van der Waals surface area contributed by atoms with E-state index in [2.05, 4.69) is 17.3 Å². The van der Waals surface area contributed by atoms with Crippen LogP contribution in [0.25, 0.3) is 0 Å². The fraction of sp³-hybridized carbons (Fsp3) is 0.500. The summed E-state index contributed by atoms with van der Waals surface area (Å²) in [6.07, 6.45) is 5.26. The Bertz CT molecular complexity index is 777. The molecule has 1 aliphatic heterocycles. The van der Waals surface area contributed by atoms with E-state index in [0.717, 1.165) is 38.8 Å². The molecule has 7 heteroatoms. The number of likely N-dealkylation sites (tertiary alicyclic amines) is 1. The van der Waals surface area contributed by atoms with Gasteiger partial charge in [0.2, 0.25) is 0 Å². The second kappa shape index (κ2) is 11.2. The molecule has 0 aliphatic carbocycles. The summed E-state index contributed by atoms with van der Waals surface area (Å²) in [5, 5.41) is 12.2. The molecule has 1 amide bonds. The summed E-state index contributed by atoms with van der Waals surface area (Å²) in [6, 6.07) is 8.93. The fourth-order valence-electron chi connectivity index (χ4n) is 3.20. The Labute approximate surface area is 172 Å². The van der Waals surface area contributed by atoms with Crippen LogP contribution in [0.3, 0.4) is 0 Å². The molecule has 0 aromatic heterocycles. The van der Waals surface area contributed by atoms with Gasteiger partial charge in [-0.05, 0) is 51.5 Å². The third-order valence-electron chi connectivity index (χ3n) is 5.09. The zero-order chi connectivity index (χ0) is 21.2. The van der Waals surface area contributed by atoms with Crippen molar-refractivity contribution in [2.75, 3.05) is 39.1 Å². The van der Waals surface area contributed by atoms with Crippen LogP contribution < -0.4 is 5.32 Å². The number of rotatable bonds is 8. The minimum atomic E-state index is -0.541. The third-order valence-corrected chi connectivity index (χ3v) is 5.09. The van der Waals surface area contributed by atoms with Crippen LogP contribution in [0.2, 0.25) is 0 Å². The number of benzene rings is 1. The number of para-hydroxylation sites is 1. The number of hydrogen-bond donors (Lipinski definition) is 1. The maximum atomic E-state index is 12.7. The summed E-state index contributed by atoms with van der Waals surface area (Å²) in [7, 11) is 3.98. The maximum Gasteiger partial charge on any atom is 0.340 e. The standard InChI is InChI=1S/C22H30N4O3/c1-4-5-14-29-22(28)19-8-6-7-9-20(19)24-21(27)17(15-23)16-26(3)18-10-12-25(2)13-11-18/h6-9,16,18H,4-5,10-14H2,1-3H3,(H,24,27)/b17-16-. The van der Waals surface area contributed by atoms with Gasteiger partial charge in [-0.3, -0.25) is 4.79 Å². The molecule has 1 fully saturated rings. The summed E-state index contributed by atoms with van der Waals surface area (Å²) in [6.45, 7) is 4.33. The molecule has 29 heavy (non-hydrogen) atoms. The van der Waals surface area contributed by atoms with Crippen LogP contribution in [0.15, 0.2) is 36.0 Å². The van der Waals surface area contributed by atoms with Gasteiger partial charge in [0.05, 0.1) is 17.9 Å². The van der Waals surface area contributed by atoms with Crippen molar-refractivity contribution in [2.45, 2.75) is 38.6 Å². The number of nitrogens with zero attached hydrogens (tertiary/aromatic N) is 3. The van der Waals surface area contributed by atoms with Gasteiger partial charge in [-0.15, -0.1) is 0 Å². The summed E-state index contributed by atoms with van der Waals surface area (Å²) in [5.74, 6) is -1.03. The Kier molecular flexibility index (Phi) is 8.68. The predicted molar refractivity (Wildman–Crippen MR) is 112 cm³/mol. The van der Waals surface area contributed by atoms with Crippen molar-refractivity contribution in [1.29, 1.82) is 5.26 Å². The normalized spacial score (nSPS) is 15.4. The first-order chi connectivity index (χ1) is 14.0. The second-order valence-corrected chi connectivity index (χ2v) is 7.34. The number of hydrogen-bond acceptors (Lipinski definition) is 6. The number of amides is 1. The number of piperidine rings is 1. The minimum absolute atomic E-state index is 0.000538. The van der Waals surface area contributed by atoms with Gasteiger partial charge in [0, 0.05) is 19.3 Å². The highest BCUT2D eigenvalue weighted by molar-refractivity contribution is 6.09. The molecular formula is C22H30N4O3. The van der Waals surface area contributed by atoms with Gasteiger partial charge in [-0.2, -0.15) is 5.26 Å². The van der Waals surface area contributed by atoms with Crippen molar-refractivity contribution >= 4 is 17.6 Å². The molecule has 0 atom stereocenters. The van der Waals surface area contributed by atoms with Crippen molar-refractivity contribution in [2.24, 2.45) is 0 Å². The Morgan fingerprint density at radius 2 is 2.03 bits per heavy atom. The number of esters is 1. The lowest BCUT2D eigenvalue weighted by atomic mass is 10.0. The maximum absolute atomic E-state index is 12.7. The van der Waals surface area contributed by atoms with E-state index in [1.165, 1.54) is 0 Å². The van der Waals surface area contributed by atoms with Crippen LogP contribution in [0.1, 0.15) is 43.0 Å². The van der Waals surface area contributed by atoms with Gasteiger partial charge in [0.25, 0.3) is 5.91 Å². The molecule has 1 aliphatic rings. The molecule has 0 bridgehead atoms. The zero-order valence-electron chi connectivity index (χ0n) is 17.5. The first-order valence-electron chi connectivity index (χ1n) is 10.1. The smallest absolute Gasteiger partial charge is 0.340 e. The first kappa shape index (κ1) is 22.4. The molecule has 1 saturated heterocycles. The quantitative estimate of drug-likeness (QED) is 0.314. The lowest BCUT2D eigenvalue weighted by molar-refractivity contribution is -0.112. The van der Waals surface area contributed by atoms with E-state index in [9.17, 15) is 14.9 Å². The van der Waals surface area contributed by atoms with Crippen molar-refractivity contribution in [3.05, 3.63) is 41.6 Å². The summed E-state index contributed by atoms with van der Waals surface area (Å²) < 4.78 is 5.25. The van der Waals surface area contributed by atoms with E-state index in [4.69, 9.17) is 4.74 Å². The lowest BCUT2D eigenvalue weighted by Crippen LogP contribution is -2.40. The molecule has 156 valence electrons. The molecule has 7 nitrogen and oxygen atoms in total. The molecule has 2 rings (SSSR count). The van der Waals surface area contributed by atoms with E-state index in [1.807, 2.05) is 24.9 Å². The Balaban J connectivity index is 2.08. The lowest BCUT2D eigenvalue weighted by Gasteiger charge is -2.34. The Morgan fingerprint density at radius 1 is 1.34 bits per heavy atom. The number of anilines is 1. The molecular weight excluding hydrogens is 368 g/mol. The van der Waals surface area contributed by atoms with Crippen LogP contribution >= 0.6 is 0 Å². The highest BCUT2D eigenvalue weighted by atomic mass is 16.5. The molecule has 1 N–H and O–H groups in total. The molecule has 1 aromatic rings. The Hall–Kier alpha value is -2.85. The summed E-state index contributed by atoms with van der Waals surface area (Å²) in [5.41, 5.74) is 0.612. The highest BCUT2D eigenvalue weighted by Gasteiger charge is 2.21. The monoisotopic (exact) mass is 398 g/mol. The van der Waals surface area contributed by atoms with E-state index >= 15 is 0 Å². The van der Waals surface area contributed by atoms with Crippen LogP contribution in [-0.4, -0.2) is 61.5 Å². The van der Waals surface area contributed by atoms with Crippen molar-refractivity contribution in [3.63, 3.8) is 0 Å². The minimum Gasteiger partial charge on any atom is -0.462 e. The molecule has 0 saturated carbocycles. The SMILES string of the molecule is CCCCOC(=O)c1ccccc1NC(=O)/C(C#N)=C\N(C)C1CCN(C)CC1. The second-order valence-electron chi connectivity index (χ2n) is 7.34. The third kappa shape index (κ3) is 6.61. The predicted octanol–water partition coefficient (Wildman–Crippen LogP) is 3.02. The fourth-order valence-corrected chi connectivity index (χ4v) is 3.20. The number of carbonyl (C=O) groups excluding carboxylic acids is 2. The molecule has 1 aromatic carbocycles. The molecule has 1 heterocycles. The summed E-state index contributed by atoms with van der Waals surface area (Å²) in [4.78, 5) is 29.2. The van der Waals surface area contributed by atoms with Crippen molar-refractivity contribution in [1.82, 2.24) is 9.80 Å². The van der Waals surface area contributed by atoms with E-state index in [-0.39, 0.29) is 11.1 Å². The molecule has 0 radical (unpaired) electrons. The largest absolute Gasteiger partial charge is 0.462 e. The number of unbranched alkanes of at least 4 members (excludes halogenated alkanes) is 1. The van der Waals surface area contributed by atoms with Crippen molar-refractivity contribution in [3.8, 4) is 6.07 Å². The average molecular weight is 399 g/mol. The summed E-state index contributed by atoms with van der Waals surface area (Å²) >= 11 is 0. The van der Waals surface area contributed by atoms with Crippen LogP contribution in [-0.2, 0) is 9.53 Å². The van der Waals surface area contributed by atoms with Gasteiger partial charge < -0.3 is 19.9 Å². The van der Waals surface area contributed by atoms with Crippen molar-refractivity contribution < 1.29 is 14.3 Å². The number of ether oxygens (including phenoxy) is 1. The first-order valence-corrected chi connectivity index (χ1v) is 10.1. The van der Waals surface area contributed by atoms with E-state index in [0.29, 0.717) is 18.3 Å². The van der Waals surface area contributed by atoms with E-state index in [1.54, 1.807) is 30.5 Å². The Morgan fingerprint density at radius 3 is 2.69 bits per heavy atom. The van der Waals surface area contributed by atoms with Crippen LogP contribution in [0, 0.1) is 11.3 Å². The number of carbonyl (C=O) groups is 2. The van der Waals surface area contributed by atoms with Crippen LogP contribution in [0.5, 0.6) is 0 Å². The molecule has 0 unspecified atom stereocenters. The van der Waals surface area contributed by atoms with E-state index < -0.39 is 11.9 Å². The zero-order valence-corrected chi connectivity index (χ0v) is 17.5. The molecule has 0 spiro atoms. The highest BCUT2D eigenvalue weighted by Crippen LogP contribution is 2.19. The van der Waals surface area contributed by atoms with Gasteiger partial charge in [-0.25, -0.2) is 4.79 Å². The van der Waals surface area contributed by atoms with Crippen LogP contribution in [0.4, 0.5) is 5.69 Å². The number of nitriles is 1. The average Bonchev–Trinajstić information content (AvgIpc) is 2.72. The number of nitrogens with one attached hydrogen (secondary N) is 1. The van der Waals surface area contributed by atoms with Gasteiger partial charge >= 0.3 is 5.97 Å². The van der Waals surface area contributed by atoms with Gasteiger partial charge in [0.15, 0.2) is 0 Å².